The van der Waals surface area contributed by atoms with E-state index in [2.05, 4.69) is 12.2 Å². The summed E-state index contributed by atoms with van der Waals surface area (Å²) in [6.07, 6.45) is 3.45. The minimum absolute atomic E-state index is 0.112. The number of carbonyl (C=O) groups excluding carboxylic acids is 2. The molecule has 178 valence electrons. The van der Waals surface area contributed by atoms with Gasteiger partial charge in [0.2, 0.25) is 0 Å². The van der Waals surface area contributed by atoms with Gasteiger partial charge >= 0.3 is 0 Å². The number of anilines is 1. The van der Waals surface area contributed by atoms with E-state index in [1.807, 2.05) is 72.8 Å². The molecule has 0 spiro atoms. The molecular weight excluding hydrogens is 476 g/mol. The van der Waals surface area contributed by atoms with Crippen LogP contribution in [-0.4, -0.2) is 34.2 Å². The third-order valence-electron chi connectivity index (χ3n) is 5.55. The molecule has 5 nitrogen and oxygen atoms in total. The van der Waals surface area contributed by atoms with Crippen LogP contribution >= 0.6 is 24.0 Å². The number of benzene rings is 3. The Morgan fingerprint density at radius 1 is 1.00 bits per heavy atom. The molecule has 3 aromatic carbocycles. The predicted molar refractivity (Wildman–Crippen MR) is 146 cm³/mol. The quantitative estimate of drug-likeness (QED) is 0.300. The second-order valence-electron chi connectivity index (χ2n) is 7.99. The van der Waals surface area contributed by atoms with Crippen LogP contribution in [0, 0.1) is 0 Å². The van der Waals surface area contributed by atoms with Gasteiger partial charge in [-0.25, -0.2) is 0 Å². The summed E-state index contributed by atoms with van der Waals surface area (Å²) >= 11 is 6.75. The van der Waals surface area contributed by atoms with E-state index in [-0.39, 0.29) is 18.4 Å². The Morgan fingerprint density at radius 2 is 1.71 bits per heavy atom. The van der Waals surface area contributed by atoms with Crippen LogP contribution in [0.2, 0.25) is 0 Å². The normalized spacial score (nSPS) is 14.4. The molecule has 1 fully saturated rings. The summed E-state index contributed by atoms with van der Waals surface area (Å²) in [5.41, 5.74) is 3.81. The van der Waals surface area contributed by atoms with E-state index in [9.17, 15) is 9.59 Å². The van der Waals surface area contributed by atoms with Crippen molar-refractivity contribution in [2.75, 3.05) is 18.5 Å². The van der Waals surface area contributed by atoms with Crippen LogP contribution in [0.5, 0.6) is 5.75 Å². The topological polar surface area (TPSA) is 58.6 Å². The van der Waals surface area contributed by atoms with Gasteiger partial charge in [0, 0.05) is 17.8 Å². The number of para-hydroxylation sites is 1. The number of aryl methyl sites for hydroxylation is 1. The van der Waals surface area contributed by atoms with Gasteiger partial charge in [-0.05, 0) is 48.2 Å². The summed E-state index contributed by atoms with van der Waals surface area (Å²) in [7, 11) is 0. The van der Waals surface area contributed by atoms with Gasteiger partial charge in [-0.3, -0.25) is 14.5 Å². The Labute approximate surface area is 215 Å². The number of thiocarbonyl (C=S) groups is 1. The van der Waals surface area contributed by atoms with Crippen LogP contribution in [0.1, 0.15) is 23.6 Å². The summed E-state index contributed by atoms with van der Waals surface area (Å²) in [5, 5.41) is 2.84. The van der Waals surface area contributed by atoms with E-state index in [1.165, 1.54) is 17.3 Å². The number of thioether (sulfide) groups is 1. The Bertz CT molecular complexity index is 1240. The third kappa shape index (κ3) is 6.59. The van der Waals surface area contributed by atoms with Crippen molar-refractivity contribution in [3.8, 4) is 5.75 Å². The fourth-order valence-corrected chi connectivity index (χ4v) is 4.91. The number of amides is 2. The first-order valence-electron chi connectivity index (χ1n) is 11.4. The van der Waals surface area contributed by atoms with Gasteiger partial charge in [0.1, 0.15) is 10.1 Å². The van der Waals surface area contributed by atoms with Crippen LogP contribution in [0.3, 0.4) is 0 Å². The first-order chi connectivity index (χ1) is 17.0. The number of ether oxygens (including phenoxy) is 1. The second kappa shape index (κ2) is 11.8. The monoisotopic (exact) mass is 502 g/mol. The molecule has 0 radical (unpaired) electrons. The molecular formula is C28H26N2O3S2. The summed E-state index contributed by atoms with van der Waals surface area (Å²) in [6.45, 7) is 2.48. The lowest BCUT2D eigenvalue weighted by molar-refractivity contribution is -0.122. The molecule has 0 aliphatic carbocycles. The lowest BCUT2D eigenvalue weighted by Crippen LogP contribution is -2.30. The van der Waals surface area contributed by atoms with E-state index < -0.39 is 0 Å². The van der Waals surface area contributed by atoms with E-state index in [4.69, 9.17) is 17.0 Å². The summed E-state index contributed by atoms with van der Waals surface area (Å²) in [6, 6.07) is 25.1. The first-order valence-corrected chi connectivity index (χ1v) is 12.7. The number of rotatable bonds is 9. The molecule has 1 aliphatic rings. The molecule has 1 heterocycles. The van der Waals surface area contributed by atoms with Crippen molar-refractivity contribution in [1.29, 1.82) is 0 Å². The molecule has 0 atom stereocenters. The van der Waals surface area contributed by atoms with Gasteiger partial charge in [0.25, 0.3) is 11.8 Å². The Morgan fingerprint density at radius 3 is 2.46 bits per heavy atom. The van der Waals surface area contributed by atoms with Gasteiger partial charge in [-0.2, -0.15) is 0 Å². The lowest BCUT2D eigenvalue weighted by atomic mass is 10.1. The van der Waals surface area contributed by atoms with Crippen LogP contribution in [0.4, 0.5) is 5.69 Å². The highest BCUT2D eigenvalue weighted by atomic mass is 32.2. The van der Waals surface area contributed by atoms with Crippen molar-refractivity contribution < 1.29 is 14.3 Å². The predicted octanol–water partition coefficient (Wildman–Crippen LogP) is 5.71. The molecule has 1 N–H and O–H groups in total. The number of nitrogens with zero attached hydrogens (tertiary/aromatic N) is 1. The number of carbonyl (C=O) groups is 2. The summed E-state index contributed by atoms with van der Waals surface area (Å²) < 4.78 is 6.34. The van der Waals surface area contributed by atoms with E-state index in [0.717, 1.165) is 29.7 Å². The molecule has 1 aliphatic heterocycles. The number of nitrogens with one attached hydrogen (secondary N) is 1. The highest BCUT2D eigenvalue weighted by molar-refractivity contribution is 8.26. The van der Waals surface area contributed by atoms with Gasteiger partial charge in [0.05, 0.1) is 4.91 Å². The summed E-state index contributed by atoms with van der Waals surface area (Å²) in [4.78, 5) is 27.6. The molecule has 7 heteroatoms. The maximum atomic E-state index is 13.0. The number of hydrogen-bond donors (Lipinski definition) is 1. The summed E-state index contributed by atoms with van der Waals surface area (Å²) in [5.74, 6) is 0.161. The van der Waals surface area contributed by atoms with Gasteiger partial charge in [-0.1, -0.05) is 91.6 Å². The zero-order valence-electron chi connectivity index (χ0n) is 19.4. The van der Waals surface area contributed by atoms with Crippen molar-refractivity contribution in [2.45, 2.75) is 19.8 Å². The van der Waals surface area contributed by atoms with Crippen molar-refractivity contribution in [3.63, 3.8) is 0 Å². The van der Waals surface area contributed by atoms with Crippen LogP contribution in [0.25, 0.3) is 6.08 Å². The largest absolute Gasteiger partial charge is 0.483 e. The third-order valence-corrected chi connectivity index (χ3v) is 6.93. The maximum absolute atomic E-state index is 13.0. The van der Waals surface area contributed by atoms with E-state index in [1.54, 1.807) is 17.0 Å². The fraction of sp³-hybridized carbons (Fsp3) is 0.179. The smallest absolute Gasteiger partial charge is 0.266 e. The second-order valence-corrected chi connectivity index (χ2v) is 9.67. The molecule has 35 heavy (non-hydrogen) atoms. The van der Waals surface area contributed by atoms with Crippen LogP contribution in [0.15, 0.2) is 83.8 Å². The standard InChI is InChI=1S/C28H26N2O3S2/c1-2-20-12-14-23(15-13-20)29-26(31)19-33-24-11-7-6-10-22(24)18-25-27(32)30(28(34)35-25)17-16-21-8-4-3-5-9-21/h3-15,18H,2,16-17,19H2,1H3,(H,29,31)/b25-18-. The van der Waals surface area contributed by atoms with Crippen molar-refractivity contribution in [3.05, 3.63) is 100 Å². The SMILES string of the molecule is CCc1ccc(NC(=O)COc2ccccc2/C=C2\SC(=S)N(CCc3ccccc3)C2=O)cc1. The lowest BCUT2D eigenvalue weighted by Gasteiger charge is -2.14. The molecule has 0 bridgehead atoms. The van der Waals surface area contributed by atoms with Gasteiger partial charge < -0.3 is 10.1 Å². The molecule has 0 unspecified atom stereocenters. The molecule has 0 aromatic heterocycles. The fourth-order valence-electron chi connectivity index (χ4n) is 3.61. The zero-order valence-corrected chi connectivity index (χ0v) is 21.0. The molecule has 1 saturated heterocycles. The van der Waals surface area contributed by atoms with E-state index in [0.29, 0.717) is 21.5 Å². The average molecular weight is 503 g/mol. The van der Waals surface area contributed by atoms with Crippen molar-refractivity contribution in [2.24, 2.45) is 0 Å². The average Bonchev–Trinajstić information content (AvgIpc) is 3.15. The van der Waals surface area contributed by atoms with Crippen molar-refractivity contribution >= 4 is 51.9 Å². The van der Waals surface area contributed by atoms with Gasteiger partial charge in [-0.15, -0.1) is 0 Å². The van der Waals surface area contributed by atoms with Crippen LogP contribution in [-0.2, 0) is 22.4 Å². The highest BCUT2D eigenvalue weighted by Gasteiger charge is 2.31. The molecule has 0 saturated carbocycles. The first kappa shape index (κ1) is 24.7. The zero-order chi connectivity index (χ0) is 24.6. The van der Waals surface area contributed by atoms with E-state index >= 15 is 0 Å². The van der Waals surface area contributed by atoms with Crippen LogP contribution < -0.4 is 10.1 Å². The number of hydrogen-bond acceptors (Lipinski definition) is 5. The van der Waals surface area contributed by atoms with Gasteiger partial charge in [0.15, 0.2) is 6.61 Å². The molecule has 2 amide bonds. The minimum atomic E-state index is -0.253. The highest BCUT2D eigenvalue weighted by Crippen LogP contribution is 2.34. The maximum Gasteiger partial charge on any atom is 0.266 e. The Kier molecular flexibility index (Phi) is 8.34. The molecule has 4 rings (SSSR count). The van der Waals surface area contributed by atoms with Crippen molar-refractivity contribution in [1.82, 2.24) is 4.90 Å². The molecule has 3 aromatic rings. The Hall–Kier alpha value is -3.42. The Balaban J connectivity index is 1.38. The minimum Gasteiger partial charge on any atom is -0.483 e.